The second kappa shape index (κ2) is 8.12. The number of aromatic nitrogens is 2. The van der Waals surface area contributed by atoms with E-state index in [2.05, 4.69) is 33.6 Å². The van der Waals surface area contributed by atoms with Crippen LogP contribution in [0.2, 0.25) is 0 Å². The van der Waals surface area contributed by atoms with Crippen LogP contribution in [-0.4, -0.2) is 22.4 Å². The lowest BCUT2D eigenvalue weighted by molar-refractivity contribution is 0.0946. The monoisotopic (exact) mass is 298 g/mol. The van der Waals surface area contributed by atoms with Crippen molar-refractivity contribution in [3.05, 3.63) is 53.3 Å². The van der Waals surface area contributed by atoms with E-state index in [-0.39, 0.29) is 5.91 Å². The summed E-state index contributed by atoms with van der Waals surface area (Å²) < 4.78 is 0. The zero-order valence-corrected chi connectivity index (χ0v) is 13.1. The minimum absolute atomic E-state index is 0.192. The van der Waals surface area contributed by atoms with Gasteiger partial charge in [-0.15, -0.1) is 0 Å². The molecule has 0 fully saturated rings. The highest BCUT2D eigenvalue weighted by Crippen LogP contribution is 2.05. The lowest BCUT2D eigenvalue weighted by Gasteiger charge is -2.07. The van der Waals surface area contributed by atoms with Crippen LogP contribution in [0, 0.1) is 6.92 Å². The molecule has 0 radical (unpaired) electrons. The van der Waals surface area contributed by atoms with Crippen molar-refractivity contribution in [2.75, 3.05) is 11.9 Å². The molecule has 0 unspecified atom stereocenters. The lowest BCUT2D eigenvalue weighted by atomic mass is 10.1. The highest BCUT2D eigenvalue weighted by Gasteiger charge is 2.08. The van der Waals surface area contributed by atoms with Gasteiger partial charge in [0.1, 0.15) is 5.69 Å². The fraction of sp³-hybridized carbons (Fsp3) is 0.353. The van der Waals surface area contributed by atoms with Crippen LogP contribution in [0.25, 0.3) is 0 Å². The van der Waals surface area contributed by atoms with E-state index in [4.69, 9.17) is 0 Å². The molecule has 0 aliphatic heterocycles. The van der Waals surface area contributed by atoms with Crippen molar-refractivity contribution in [2.24, 2.45) is 0 Å². The summed E-state index contributed by atoms with van der Waals surface area (Å²) in [5.41, 5.74) is 2.63. The van der Waals surface area contributed by atoms with Gasteiger partial charge in [-0.1, -0.05) is 43.2 Å². The maximum atomic E-state index is 12.2. The Morgan fingerprint density at radius 3 is 2.91 bits per heavy atom. The number of benzene rings is 1. The summed E-state index contributed by atoms with van der Waals surface area (Å²) in [4.78, 5) is 20.5. The quantitative estimate of drug-likeness (QED) is 0.771. The minimum atomic E-state index is -0.192. The third-order valence-electron chi connectivity index (χ3n) is 3.24. The Morgan fingerprint density at radius 2 is 2.14 bits per heavy atom. The van der Waals surface area contributed by atoms with E-state index in [0.29, 0.717) is 18.2 Å². The Bertz CT molecular complexity index is 628. The zero-order chi connectivity index (χ0) is 15.8. The lowest BCUT2D eigenvalue weighted by Crippen LogP contribution is -2.24. The summed E-state index contributed by atoms with van der Waals surface area (Å²) in [5.74, 6) is 0.305. The Labute approximate surface area is 131 Å². The van der Waals surface area contributed by atoms with Crippen LogP contribution in [0.5, 0.6) is 0 Å². The molecule has 5 heteroatoms. The van der Waals surface area contributed by atoms with Gasteiger partial charge in [0, 0.05) is 19.3 Å². The van der Waals surface area contributed by atoms with Crippen molar-refractivity contribution < 1.29 is 4.79 Å². The van der Waals surface area contributed by atoms with E-state index >= 15 is 0 Å². The molecule has 0 spiro atoms. The van der Waals surface area contributed by atoms with Gasteiger partial charge in [-0.2, -0.15) is 0 Å². The molecule has 1 aromatic heterocycles. The van der Waals surface area contributed by atoms with Crippen LogP contribution >= 0.6 is 0 Å². The predicted molar refractivity (Wildman–Crippen MR) is 87.8 cm³/mol. The van der Waals surface area contributed by atoms with Gasteiger partial charge in [-0.25, -0.2) is 9.97 Å². The molecule has 5 nitrogen and oxygen atoms in total. The number of hydrogen-bond acceptors (Lipinski definition) is 4. The fourth-order valence-corrected chi connectivity index (χ4v) is 2.04. The SMILES string of the molecule is CCCCNc1nccc(C(=O)NCc2cccc(C)c2)n1. The molecule has 2 aromatic rings. The summed E-state index contributed by atoms with van der Waals surface area (Å²) >= 11 is 0. The summed E-state index contributed by atoms with van der Waals surface area (Å²) in [6.45, 7) is 5.45. The molecule has 0 saturated carbocycles. The molecule has 1 aromatic carbocycles. The average molecular weight is 298 g/mol. The molecule has 2 rings (SSSR count). The fourth-order valence-electron chi connectivity index (χ4n) is 2.04. The van der Waals surface area contributed by atoms with Crippen LogP contribution in [0.4, 0.5) is 5.95 Å². The van der Waals surface area contributed by atoms with Crippen LogP contribution in [-0.2, 0) is 6.54 Å². The maximum Gasteiger partial charge on any atom is 0.270 e. The third-order valence-corrected chi connectivity index (χ3v) is 3.24. The number of rotatable bonds is 7. The first kappa shape index (κ1) is 15.9. The molecule has 0 saturated heterocycles. The maximum absolute atomic E-state index is 12.2. The molecule has 0 aliphatic carbocycles. The van der Waals surface area contributed by atoms with Crippen molar-refractivity contribution >= 4 is 11.9 Å². The molecular formula is C17H22N4O. The van der Waals surface area contributed by atoms with E-state index < -0.39 is 0 Å². The predicted octanol–water partition coefficient (Wildman–Crippen LogP) is 2.93. The molecule has 0 bridgehead atoms. The van der Waals surface area contributed by atoms with E-state index in [1.807, 2.05) is 25.1 Å². The summed E-state index contributed by atoms with van der Waals surface area (Å²) in [5, 5.41) is 6.00. The molecule has 0 aliphatic rings. The minimum Gasteiger partial charge on any atom is -0.354 e. The number of amides is 1. The first-order valence-electron chi connectivity index (χ1n) is 7.59. The van der Waals surface area contributed by atoms with Gasteiger partial charge in [0.25, 0.3) is 5.91 Å². The standard InChI is InChI=1S/C17H22N4O/c1-3-4-9-18-17-19-10-8-15(21-17)16(22)20-12-14-7-5-6-13(2)11-14/h5-8,10-11H,3-4,9,12H2,1-2H3,(H,20,22)(H,18,19,21). The molecular weight excluding hydrogens is 276 g/mol. The van der Waals surface area contributed by atoms with Crippen molar-refractivity contribution in [3.63, 3.8) is 0 Å². The Morgan fingerprint density at radius 1 is 1.27 bits per heavy atom. The van der Waals surface area contributed by atoms with E-state index in [1.54, 1.807) is 12.3 Å². The molecule has 116 valence electrons. The largest absolute Gasteiger partial charge is 0.354 e. The Hall–Kier alpha value is -2.43. The Kier molecular flexibility index (Phi) is 5.89. The van der Waals surface area contributed by atoms with Crippen molar-refractivity contribution in [3.8, 4) is 0 Å². The second-order valence-corrected chi connectivity index (χ2v) is 5.22. The molecule has 0 atom stereocenters. The van der Waals surface area contributed by atoms with Gasteiger partial charge < -0.3 is 10.6 Å². The van der Waals surface area contributed by atoms with Crippen molar-refractivity contribution in [2.45, 2.75) is 33.2 Å². The van der Waals surface area contributed by atoms with Gasteiger partial charge in [0.15, 0.2) is 0 Å². The summed E-state index contributed by atoms with van der Waals surface area (Å²) in [7, 11) is 0. The topological polar surface area (TPSA) is 66.9 Å². The highest BCUT2D eigenvalue weighted by molar-refractivity contribution is 5.92. The van der Waals surface area contributed by atoms with Gasteiger partial charge in [-0.3, -0.25) is 4.79 Å². The number of unbranched alkanes of at least 4 members (excludes halogenated alkanes) is 1. The van der Waals surface area contributed by atoms with Crippen LogP contribution in [0.1, 0.15) is 41.4 Å². The third kappa shape index (κ3) is 4.84. The van der Waals surface area contributed by atoms with E-state index in [9.17, 15) is 4.79 Å². The smallest absolute Gasteiger partial charge is 0.270 e. The number of hydrogen-bond donors (Lipinski definition) is 2. The number of nitrogens with one attached hydrogen (secondary N) is 2. The number of carbonyl (C=O) groups excluding carboxylic acids is 1. The van der Waals surface area contributed by atoms with Gasteiger partial charge >= 0.3 is 0 Å². The molecule has 2 N–H and O–H groups in total. The second-order valence-electron chi connectivity index (χ2n) is 5.22. The van der Waals surface area contributed by atoms with E-state index in [1.165, 1.54) is 5.56 Å². The number of carbonyl (C=O) groups is 1. The number of nitrogens with zero attached hydrogens (tertiary/aromatic N) is 2. The van der Waals surface area contributed by atoms with Crippen LogP contribution in [0.3, 0.4) is 0 Å². The van der Waals surface area contributed by atoms with Crippen molar-refractivity contribution in [1.82, 2.24) is 15.3 Å². The zero-order valence-electron chi connectivity index (χ0n) is 13.1. The summed E-state index contributed by atoms with van der Waals surface area (Å²) in [6.07, 6.45) is 3.75. The Balaban J connectivity index is 1.93. The van der Waals surface area contributed by atoms with Crippen LogP contribution < -0.4 is 10.6 Å². The average Bonchev–Trinajstić information content (AvgIpc) is 2.53. The molecule has 22 heavy (non-hydrogen) atoms. The normalized spacial score (nSPS) is 10.3. The van der Waals surface area contributed by atoms with Gasteiger partial charge in [0.2, 0.25) is 5.95 Å². The number of anilines is 1. The highest BCUT2D eigenvalue weighted by atomic mass is 16.1. The van der Waals surface area contributed by atoms with Crippen molar-refractivity contribution in [1.29, 1.82) is 0 Å². The number of aryl methyl sites for hydroxylation is 1. The first-order valence-corrected chi connectivity index (χ1v) is 7.59. The first-order chi connectivity index (χ1) is 10.7. The van der Waals surface area contributed by atoms with Crippen LogP contribution in [0.15, 0.2) is 36.5 Å². The van der Waals surface area contributed by atoms with Gasteiger partial charge in [-0.05, 0) is 25.0 Å². The molecule has 1 heterocycles. The summed E-state index contributed by atoms with van der Waals surface area (Å²) in [6, 6.07) is 9.68. The van der Waals surface area contributed by atoms with Gasteiger partial charge in [0.05, 0.1) is 0 Å². The van der Waals surface area contributed by atoms with E-state index in [0.717, 1.165) is 24.9 Å². The molecule has 1 amide bonds.